The van der Waals surface area contributed by atoms with E-state index in [2.05, 4.69) is 37.3 Å². The summed E-state index contributed by atoms with van der Waals surface area (Å²) >= 11 is 0. The summed E-state index contributed by atoms with van der Waals surface area (Å²) in [5.41, 5.74) is 1.46. The van der Waals surface area contributed by atoms with Gasteiger partial charge in [-0.05, 0) is 40.7 Å². The maximum atomic E-state index is 2.46. The van der Waals surface area contributed by atoms with Crippen LogP contribution < -0.4 is 10.4 Å². The molecule has 0 aliphatic heterocycles. The zero-order valence-corrected chi connectivity index (χ0v) is 12.0. The number of aryl methyl sites for hydroxylation is 1. The average Bonchev–Trinajstić information content (AvgIpc) is 3.18. The Morgan fingerprint density at radius 3 is 2.12 bits per heavy atom. The van der Waals surface area contributed by atoms with Crippen molar-refractivity contribution in [1.29, 1.82) is 0 Å². The molecule has 0 spiro atoms. The van der Waals surface area contributed by atoms with Crippen molar-refractivity contribution in [3.05, 3.63) is 34.2 Å². The van der Waals surface area contributed by atoms with Crippen LogP contribution >= 0.6 is 0 Å². The Balaban J connectivity index is 0.000000330. The summed E-state index contributed by atoms with van der Waals surface area (Å²) in [6.45, 7) is 10.2. The van der Waals surface area contributed by atoms with Crippen LogP contribution in [-0.4, -0.2) is 0 Å². The van der Waals surface area contributed by atoms with E-state index in [9.17, 15) is 0 Å². The Kier molecular flexibility index (Phi) is 5.47. The van der Waals surface area contributed by atoms with Crippen molar-refractivity contribution in [3.8, 4) is 0 Å². The van der Waals surface area contributed by atoms with Crippen LogP contribution in [0.3, 0.4) is 0 Å². The highest BCUT2D eigenvalue weighted by Crippen LogP contribution is 2.41. The van der Waals surface area contributed by atoms with Crippen LogP contribution in [0.25, 0.3) is 12.2 Å². The van der Waals surface area contributed by atoms with Crippen LogP contribution in [0.1, 0.15) is 46.6 Å². The summed E-state index contributed by atoms with van der Waals surface area (Å²) in [5.74, 6) is 1.75. The summed E-state index contributed by atoms with van der Waals surface area (Å²) in [7, 11) is 0. The van der Waals surface area contributed by atoms with E-state index < -0.39 is 0 Å². The molecule has 2 aliphatic carbocycles. The summed E-state index contributed by atoms with van der Waals surface area (Å²) < 4.78 is 0. The van der Waals surface area contributed by atoms with Crippen molar-refractivity contribution in [3.63, 3.8) is 0 Å². The number of hydrogen-bond donors (Lipinski definition) is 0. The molecule has 0 radical (unpaired) electrons. The van der Waals surface area contributed by atoms with Crippen molar-refractivity contribution in [2.24, 2.45) is 11.8 Å². The Morgan fingerprint density at radius 1 is 0.941 bits per heavy atom. The monoisotopic (exact) mass is 230 g/mol. The first-order chi connectivity index (χ1) is 8.36. The van der Waals surface area contributed by atoms with Gasteiger partial charge in [0.15, 0.2) is 0 Å². The lowest BCUT2D eigenvalue weighted by Gasteiger charge is -2.01. The average molecular weight is 230 g/mol. The molecule has 17 heavy (non-hydrogen) atoms. The highest BCUT2D eigenvalue weighted by molar-refractivity contribution is 5.49. The fourth-order valence-corrected chi connectivity index (χ4v) is 2.22. The van der Waals surface area contributed by atoms with Crippen LogP contribution in [0.2, 0.25) is 0 Å². The van der Waals surface area contributed by atoms with E-state index in [1.54, 1.807) is 0 Å². The molecule has 1 aromatic rings. The zero-order chi connectivity index (χ0) is 12.8. The molecule has 2 aliphatic rings. The topological polar surface area (TPSA) is 0 Å². The Hall–Kier alpha value is -1.04. The third kappa shape index (κ3) is 3.21. The molecule has 0 heterocycles. The molecule has 0 amide bonds. The van der Waals surface area contributed by atoms with E-state index in [1.807, 2.05) is 27.7 Å². The fraction of sp³-hybridized carbons (Fsp3) is 0.529. The Morgan fingerprint density at radius 2 is 1.53 bits per heavy atom. The summed E-state index contributed by atoms with van der Waals surface area (Å²) in [6.07, 6.45) is 7.43. The normalized spacial score (nSPS) is 22.2. The molecular formula is C17H26. The Bertz CT molecular complexity index is 453. The number of benzene rings is 1. The number of fused-ring (bicyclic) bond motifs is 2. The molecule has 1 aromatic carbocycles. The highest BCUT2D eigenvalue weighted by Gasteiger charge is 2.34. The molecule has 2 atom stereocenters. The van der Waals surface area contributed by atoms with Gasteiger partial charge in [0.05, 0.1) is 0 Å². The predicted octanol–water partition coefficient (Wildman–Crippen LogP) is 3.51. The predicted molar refractivity (Wildman–Crippen MR) is 78.3 cm³/mol. The minimum Gasteiger partial charge on any atom is -0.0729 e. The lowest BCUT2D eigenvalue weighted by atomic mass is 10.0. The standard InChI is InChI=1S/C13H14.2C2H6/c1-2-9-3-4-10-6-12-8-13(12)7-11(10)5-9;2*1-2/h3-7,12-13H,2,8H2,1H3;2*1-2H3. The smallest absolute Gasteiger partial charge is 0.0155 e. The number of hydrogen-bond acceptors (Lipinski definition) is 0. The molecule has 0 aromatic heterocycles. The molecule has 0 heteroatoms. The highest BCUT2D eigenvalue weighted by atomic mass is 14.4. The molecule has 2 unspecified atom stereocenters. The van der Waals surface area contributed by atoms with Gasteiger partial charge in [-0.1, -0.05) is 65.0 Å². The lowest BCUT2D eigenvalue weighted by Crippen LogP contribution is -2.27. The maximum absolute atomic E-state index is 2.46. The first-order valence-electron chi connectivity index (χ1n) is 7.19. The van der Waals surface area contributed by atoms with Gasteiger partial charge in [-0.25, -0.2) is 0 Å². The molecule has 0 nitrogen and oxygen atoms in total. The second kappa shape index (κ2) is 6.64. The van der Waals surface area contributed by atoms with Gasteiger partial charge in [-0.2, -0.15) is 0 Å². The first-order valence-corrected chi connectivity index (χ1v) is 7.19. The van der Waals surface area contributed by atoms with Gasteiger partial charge in [0.2, 0.25) is 0 Å². The van der Waals surface area contributed by atoms with Crippen LogP contribution in [0.15, 0.2) is 18.2 Å². The summed E-state index contributed by atoms with van der Waals surface area (Å²) in [6, 6.07) is 6.88. The molecule has 1 saturated carbocycles. The molecule has 0 bridgehead atoms. The maximum Gasteiger partial charge on any atom is -0.0155 e. The van der Waals surface area contributed by atoms with Gasteiger partial charge in [-0.3, -0.25) is 0 Å². The molecular weight excluding hydrogens is 204 g/mol. The van der Waals surface area contributed by atoms with E-state index in [1.165, 1.54) is 22.4 Å². The molecule has 0 N–H and O–H groups in total. The largest absolute Gasteiger partial charge is 0.0729 e. The van der Waals surface area contributed by atoms with E-state index in [0.29, 0.717) is 0 Å². The van der Waals surface area contributed by atoms with Crippen LogP contribution in [-0.2, 0) is 6.42 Å². The van der Waals surface area contributed by atoms with Crippen molar-refractivity contribution < 1.29 is 0 Å². The van der Waals surface area contributed by atoms with E-state index >= 15 is 0 Å². The zero-order valence-electron chi connectivity index (χ0n) is 12.0. The van der Waals surface area contributed by atoms with Gasteiger partial charge in [0.1, 0.15) is 0 Å². The quantitative estimate of drug-likeness (QED) is 0.692. The lowest BCUT2D eigenvalue weighted by molar-refractivity contribution is 1.05. The van der Waals surface area contributed by atoms with Gasteiger partial charge in [0, 0.05) is 0 Å². The summed E-state index contributed by atoms with van der Waals surface area (Å²) in [4.78, 5) is 0. The third-order valence-electron chi connectivity index (χ3n) is 3.24. The van der Waals surface area contributed by atoms with Crippen molar-refractivity contribution in [2.45, 2.75) is 47.5 Å². The second-order valence-corrected chi connectivity index (χ2v) is 4.21. The molecule has 94 valence electrons. The van der Waals surface area contributed by atoms with E-state index in [0.717, 1.165) is 18.3 Å². The van der Waals surface area contributed by atoms with Crippen molar-refractivity contribution in [1.82, 2.24) is 0 Å². The SMILES string of the molecule is CC.CC.CCc1ccc2c(c1)=CC1CC1C=2. The van der Waals surface area contributed by atoms with Crippen LogP contribution in [0.4, 0.5) is 0 Å². The fourth-order valence-electron chi connectivity index (χ4n) is 2.22. The van der Waals surface area contributed by atoms with Gasteiger partial charge >= 0.3 is 0 Å². The number of rotatable bonds is 1. The minimum absolute atomic E-state index is 0.875. The van der Waals surface area contributed by atoms with Crippen LogP contribution in [0, 0.1) is 11.8 Å². The van der Waals surface area contributed by atoms with Crippen molar-refractivity contribution in [2.75, 3.05) is 0 Å². The van der Waals surface area contributed by atoms with E-state index in [-0.39, 0.29) is 0 Å². The molecule has 0 saturated heterocycles. The molecule has 3 rings (SSSR count). The van der Waals surface area contributed by atoms with Gasteiger partial charge in [-0.15, -0.1) is 0 Å². The van der Waals surface area contributed by atoms with Crippen LogP contribution in [0.5, 0.6) is 0 Å². The second-order valence-electron chi connectivity index (χ2n) is 4.21. The minimum atomic E-state index is 0.875. The Labute approximate surface area is 106 Å². The first kappa shape index (κ1) is 14.0. The summed E-state index contributed by atoms with van der Waals surface area (Å²) in [5, 5.41) is 2.93. The van der Waals surface area contributed by atoms with Gasteiger partial charge < -0.3 is 0 Å². The van der Waals surface area contributed by atoms with Gasteiger partial charge in [0.25, 0.3) is 0 Å². The van der Waals surface area contributed by atoms with Crippen molar-refractivity contribution >= 4 is 12.2 Å². The van der Waals surface area contributed by atoms with E-state index in [4.69, 9.17) is 0 Å². The third-order valence-corrected chi connectivity index (χ3v) is 3.24. The molecule has 1 fully saturated rings.